The van der Waals surface area contributed by atoms with Gasteiger partial charge in [0.25, 0.3) is 5.91 Å². The molecule has 1 amide bonds. The van der Waals surface area contributed by atoms with Crippen molar-refractivity contribution in [3.63, 3.8) is 0 Å². The van der Waals surface area contributed by atoms with Gasteiger partial charge in [0.2, 0.25) is 0 Å². The van der Waals surface area contributed by atoms with Gasteiger partial charge in [-0.15, -0.1) is 12.4 Å². The first-order valence-electron chi connectivity index (χ1n) is 8.83. The number of carbonyl (C=O) groups excluding carboxylic acids is 1. The van der Waals surface area contributed by atoms with E-state index < -0.39 is 17.9 Å². The molecule has 0 bridgehead atoms. The number of anilines is 1. The average molecular weight is 437 g/mol. The van der Waals surface area contributed by atoms with Crippen LogP contribution in [-0.4, -0.2) is 35.5 Å². The molecule has 0 radical (unpaired) electrons. The number of carboxylic acids is 1. The highest BCUT2D eigenvalue weighted by Crippen LogP contribution is 2.32. The van der Waals surface area contributed by atoms with E-state index in [0.29, 0.717) is 22.6 Å². The monoisotopic (exact) mass is 436 g/mol. The molecule has 2 rings (SSSR count). The Bertz CT molecular complexity index is 903. The summed E-state index contributed by atoms with van der Waals surface area (Å²) in [6, 6.07) is 10.1. The minimum absolute atomic E-state index is 0. The topological polar surface area (TPSA) is 161 Å². The third-order valence-electron chi connectivity index (χ3n) is 3.79. The molecule has 0 aliphatic rings. The molecule has 7 N–H and O–H groups in total. The van der Waals surface area contributed by atoms with Gasteiger partial charge in [-0.2, -0.15) is 0 Å². The fraction of sp³-hybridized carbons (Fsp3) is 0.250. The fourth-order valence-electron chi connectivity index (χ4n) is 2.52. The largest absolute Gasteiger partial charge is 0.487 e. The van der Waals surface area contributed by atoms with E-state index in [9.17, 15) is 14.7 Å². The second-order valence-corrected chi connectivity index (χ2v) is 6.53. The minimum Gasteiger partial charge on any atom is -0.487 e. The first-order valence-corrected chi connectivity index (χ1v) is 8.83. The summed E-state index contributed by atoms with van der Waals surface area (Å²) in [5.74, 6) is -1.26. The van der Waals surface area contributed by atoms with Crippen molar-refractivity contribution >= 4 is 35.8 Å². The van der Waals surface area contributed by atoms with Crippen LogP contribution in [0, 0.1) is 5.41 Å². The number of ether oxygens (including phenoxy) is 2. The van der Waals surface area contributed by atoms with Crippen LogP contribution in [0.1, 0.15) is 31.0 Å². The van der Waals surface area contributed by atoms with E-state index in [1.165, 1.54) is 6.07 Å². The van der Waals surface area contributed by atoms with Crippen LogP contribution in [0.3, 0.4) is 0 Å². The molecule has 10 heteroatoms. The van der Waals surface area contributed by atoms with Gasteiger partial charge >= 0.3 is 5.97 Å². The van der Waals surface area contributed by atoms with E-state index in [2.05, 4.69) is 5.32 Å². The molecule has 1 unspecified atom stereocenters. The van der Waals surface area contributed by atoms with Crippen LogP contribution >= 0.6 is 12.4 Å². The van der Waals surface area contributed by atoms with Gasteiger partial charge in [0, 0.05) is 11.3 Å². The number of hydrogen-bond acceptors (Lipinski definition) is 6. The third kappa shape index (κ3) is 6.85. The highest BCUT2D eigenvalue weighted by atomic mass is 35.5. The first-order chi connectivity index (χ1) is 13.7. The van der Waals surface area contributed by atoms with E-state index >= 15 is 0 Å². The Balaban J connectivity index is 0.00000450. The van der Waals surface area contributed by atoms with Crippen molar-refractivity contribution in [3.8, 4) is 11.5 Å². The lowest BCUT2D eigenvalue weighted by Gasteiger charge is -2.20. The van der Waals surface area contributed by atoms with Crippen molar-refractivity contribution in [2.75, 3.05) is 11.9 Å². The molecule has 1 atom stereocenters. The second kappa shape index (κ2) is 10.9. The van der Waals surface area contributed by atoms with Gasteiger partial charge in [-0.1, -0.05) is 6.07 Å². The molecule has 30 heavy (non-hydrogen) atoms. The summed E-state index contributed by atoms with van der Waals surface area (Å²) in [6.07, 6.45) is -0.148. The smallest absolute Gasteiger partial charge is 0.330 e. The fourth-order valence-corrected chi connectivity index (χ4v) is 2.52. The lowest BCUT2D eigenvalue weighted by atomic mass is 10.1. The van der Waals surface area contributed by atoms with Gasteiger partial charge in [-0.25, -0.2) is 4.79 Å². The van der Waals surface area contributed by atoms with Gasteiger partial charge in [-0.3, -0.25) is 10.2 Å². The maximum Gasteiger partial charge on any atom is 0.330 e. The molecule has 2 aromatic carbocycles. The maximum atomic E-state index is 11.9. The zero-order valence-corrected chi connectivity index (χ0v) is 17.4. The summed E-state index contributed by atoms with van der Waals surface area (Å²) < 4.78 is 11.1. The van der Waals surface area contributed by atoms with E-state index in [1.807, 2.05) is 13.8 Å². The number of amides is 1. The average Bonchev–Trinajstić information content (AvgIpc) is 2.65. The lowest BCUT2D eigenvalue weighted by Crippen LogP contribution is -2.22. The summed E-state index contributed by atoms with van der Waals surface area (Å²) in [6.45, 7) is 3.30. The Morgan fingerprint density at radius 1 is 1.10 bits per heavy atom. The van der Waals surface area contributed by atoms with Crippen LogP contribution in [0.5, 0.6) is 11.5 Å². The van der Waals surface area contributed by atoms with Crippen LogP contribution < -0.4 is 26.3 Å². The number of carbonyl (C=O) groups is 2. The zero-order chi connectivity index (χ0) is 21.6. The number of aliphatic carboxylic acids is 1. The highest BCUT2D eigenvalue weighted by molar-refractivity contribution is 5.95. The number of primary amides is 1. The molecule has 0 fully saturated rings. The molecule has 0 saturated carbocycles. The van der Waals surface area contributed by atoms with E-state index in [1.54, 1.807) is 36.4 Å². The maximum absolute atomic E-state index is 11.9. The number of rotatable bonds is 10. The molecule has 0 spiro atoms. The summed E-state index contributed by atoms with van der Waals surface area (Å²) in [7, 11) is 0. The van der Waals surface area contributed by atoms with E-state index in [-0.39, 0.29) is 36.7 Å². The minimum atomic E-state index is -1.11. The van der Waals surface area contributed by atoms with Crippen molar-refractivity contribution in [3.05, 3.63) is 53.6 Å². The molecule has 0 aliphatic carbocycles. The Kier molecular flexibility index (Phi) is 8.94. The zero-order valence-electron chi connectivity index (χ0n) is 16.5. The molecule has 0 aliphatic heterocycles. The van der Waals surface area contributed by atoms with Gasteiger partial charge in [0.05, 0.1) is 6.10 Å². The molecule has 2 aromatic rings. The molecule has 9 nitrogen and oxygen atoms in total. The standard InChI is InChI=1S/C20H24N4O5.ClH/c1-11(2)29-15-8-5-13(9-16(15)28-10-17(21)25)18(20(26)27)24-14-6-3-12(4-7-14)19(22)23;/h3-9,11,18,24H,10H2,1-2H3,(H2,21,25)(H3,22,23)(H,26,27);1H. The van der Waals surface area contributed by atoms with Gasteiger partial charge < -0.3 is 31.4 Å². The molecular weight excluding hydrogens is 412 g/mol. The van der Waals surface area contributed by atoms with Crippen molar-refractivity contribution in [1.29, 1.82) is 5.41 Å². The number of amidine groups is 1. The van der Waals surface area contributed by atoms with Crippen LogP contribution in [0.25, 0.3) is 0 Å². The molecular formula is C20H25ClN4O5. The Morgan fingerprint density at radius 3 is 2.23 bits per heavy atom. The lowest BCUT2D eigenvalue weighted by molar-refractivity contribution is -0.138. The van der Waals surface area contributed by atoms with Gasteiger partial charge in [0.15, 0.2) is 24.1 Å². The highest BCUT2D eigenvalue weighted by Gasteiger charge is 2.22. The molecule has 0 saturated heterocycles. The van der Waals surface area contributed by atoms with Crippen molar-refractivity contribution in [1.82, 2.24) is 0 Å². The SMILES string of the molecule is CC(C)Oc1ccc(C(Nc2ccc(C(=N)N)cc2)C(=O)O)cc1OCC(N)=O.Cl. The van der Waals surface area contributed by atoms with Crippen LogP contribution in [0.15, 0.2) is 42.5 Å². The van der Waals surface area contributed by atoms with Gasteiger partial charge in [-0.05, 0) is 55.8 Å². The number of hydrogen-bond donors (Lipinski definition) is 5. The predicted octanol–water partition coefficient (Wildman–Crippen LogP) is 2.28. The van der Waals surface area contributed by atoms with Crippen molar-refractivity contribution in [2.45, 2.75) is 26.0 Å². The number of benzene rings is 2. The van der Waals surface area contributed by atoms with Crippen LogP contribution in [0.4, 0.5) is 5.69 Å². The Morgan fingerprint density at radius 2 is 1.73 bits per heavy atom. The third-order valence-corrected chi connectivity index (χ3v) is 3.79. The van der Waals surface area contributed by atoms with E-state index in [0.717, 1.165) is 0 Å². The van der Waals surface area contributed by atoms with E-state index in [4.69, 9.17) is 26.4 Å². The van der Waals surface area contributed by atoms with Gasteiger partial charge in [0.1, 0.15) is 5.84 Å². The molecule has 162 valence electrons. The Labute approximate surface area is 180 Å². The van der Waals surface area contributed by atoms with Crippen LogP contribution in [0.2, 0.25) is 0 Å². The normalized spacial score (nSPS) is 11.2. The number of nitrogen functional groups attached to an aromatic ring is 1. The second-order valence-electron chi connectivity index (χ2n) is 6.53. The number of nitrogens with two attached hydrogens (primary N) is 2. The summed E-state index contributed by atoms with van der Waals surface area (Å²) >= 11 is 0. The molecule has 0 aromatic heterocycles. The molecule has 0 heterocycles. The number of halogens is 1. The number of carboxylic acid groups (broad SMARTS) is 1. The van der Waals surface area contributed by atoms with Crippen molar-refractivity contribution < 1.29 is 24.2 Å². The quantitative estimate of drug-likeness (QED) is 0.282. The summed E-state index contributed by atoms with van der Waals surface area (Å²) in [5, 5.41) is 20.0. The predicted molar refractivity (Wildman–Crippen MR) is 116 cm³/mol. The first kappa shape index (κ1) is 24.6. The van der Waals surface area contributed by atoms with Crippen molar-refractivity contribution in [2.24, 2.45) is 11.5 Å². The van der Waals surface area contributed by atoms with Crippen LogP contribution in [-0.2, 0) is 9.59 Å². The summed E-state index contributed by atoms with van der Waals surface area (Å²) in [4.78, 5) is 22.9. The summed E-state index contributed by atoms with van der Waals surface area (Å²) in [5.41, 5.74) is 12.0. The Hall–Kier alpha value is -3.46. The number of nitrogens with one attached hydrogen (secondary N) is 2.